The molecule has 0 bridgehead atoms. The van der Waals surface area contributed by atoms with E-state index in [-0.39, 0.29) is 12.5 Å². The van der Waals surface area contributed by atoms with Crippen molar-refractivity contribution in [2.75, 3.05) is 13.2 Å². The Balaban J connectivity index is 2.09. The number of aliphatic hydroxyl groups excluding tert-OH is 5. The highest BCUT2D eigenvalue weighted by Gasteiger charge is 2.44. The highest BCUT2D eigenvalue weighted by Crippen LogP contribution is 2.24. The lowest BCUT2D eigenvalue weighted by molar-refractivity contribution is -0.302. The van der Waals surface area contributed by atoms with Gasteiger partial charge in [-0.15, -0.1) is 0 Å². The molecule has 9 nitrogen and oxygen atoms in total. The Morgan fingerprint density at radius 1 is 0.398 bits per heavy atom. The van der Waals surface area contributed by atoms with Crippen LogP contribution in [0.15, 0.2) is 36.5 Å². The van der Waals surface area contributed by atoms with Crippen molar-refractivity contribution >= 4 is 5.91 Å². The van der Waals surface area contributed by atoms with Crippen molar-refractivity contribution in [3.8, 4) is 0 Å². The van der Waals surface area contributed by atoms with Crippen LogP contribution in [0.25, 0.3) is 0 Å². The minimum Gasteiger partial charge on any atom is -0.394 e. The second-order valence-corrected chi connectivity index (χ2v) is 25.7. The Hall–Kier alpha value is -1.59. The number of aliphatic hydroxyl groups is 5. The van der Waals surface area contributed by atoms with Crippen LogP contribution in [0.4, 0.5) is 0 Å². The Bertz CT molecular complexity index is 1410. The average Bonchev–Trinajstić information content (AvgIpc) is 3.50. The molecule has 1 saturated heterocycles. The van der Waals surface area contributed by atoms with Gasteiger partial charge in [-0.05, 0) is 44.9 Å². The van der Waals surface area contributed by atoms with Gasteiger partial charge < -0.3 is 40.3 Å². The molecule has 9 heteroatoms. The molecule has 1 heterocycles. The molecule has 0 spiro atoms. The van der Waals surface area contributed by atoms with Crippen molar-refractivity contribution in [2.45, 2.75) is 416 Å². The molecule has 0 saturated carbocycles. The van der Waals surface area contributed by atoms with E-state index < -0.39 is 49.5 Å². The fourth-order valence-corrected chi connectivity index (χ4v) is 12.0. The zero-order chi connectivity index (χ0) is 60.0. The third kappa shape index (κ3) is 52.1. The van der Waals surface area contributed by atoms with Gasteiger partial charge in [0.2, 0.25) is 5.91 Å². The summed E-state index contributed by atoms with van der Waals surface area (Å²) in [5, 5.41) is 54.7. The number of ether oxygens (including phenoxy) is 2. The van der Waals surface area contributed by atoms with Crippen LogP contribution < -0.4 is 5.32 Å². The zero-order valence-electron chi connectivity index (χ0n) is 55.0. The summed E-state index contributed by atoms with van der Waals surface area (Å²) >= 11 is 0. The smallest absolute Gasteiger partial charge is 0.220 e. The van der Waals surface area contributed by atoms with E-state index in [4.69, 9.17) is 9.47 Å². The molecule has 0 radical (unpaired) electrons. The van der Waals surface area contributed by atoms with Gasteiger partial charge in [0, 0.05) is 6.42 Å². The maximum absolute atomic E-state index is 13.1. The van der Waals surface area contributed by atoms with Crippen molar-refractivity contribution in [2.24, 2.45) is 0 Å². The predicted molar refractivity (Wildman–Crippen MR) is 355 cm³/mol. The fourth-order valence-electron chi connectivity index (χ4n) is 12.0. The van der Waals surface area contributed by atoms with E-state index in [0.29, 0.717) is 6.42 Å². The monoisotopic (exact) mass is 1170 g/mol. The summed E-state index contributed by atoms with van der Waals surface area (Å²) in [5.74, 6) is -0.183. The summed E-state index contributed by atoms with van der Waals surface area (Å²) < 4.78 is 11.3. The molecule has 0 aromatic rings. The molecular weight excluding hydrogens is 1030 g/mol. The number of rotatable bonds is 65. The van der Waals surface area contributed by atoms with Crippen LogP contribution in [-0.2, 0) is 14.3 Å². The first kappa shape index (κ1) is 79.4. The highest BCUT2D eigenvalue weighted by atomic mass is 16.7. The van der Waals surface area contributed by atoms with Crippen molar-refractivity contribution in [3.63, 3.8) is 0 Å². The minimum atomic E-state index is -1.57. The topological polar surface area (TPSA) is 149 Å². The second kappa shape index (κ2) is 63.4. The summed E-state index contributed by atoms with van der Waals surface area (Å²) in [6, 6.07) is -0.828. The van der Waals surface area contributed by atoms with Gasteiger partial charge in [0.1, 0.15) is 24.4 Å². The fraction of sp³-hybridized carbons (Fsp3) is 0.905. The van der Waals surface area contributed by atoms with E-state index >= 15 is 0 Å². The molecule has 83 heavy (non-hydrogen) atoms. The number of hydrogen-bond donors (Lipinski definition) is 6. The summed E-state index contributed by atoms with van der Waals surface area (Å²) in [5.41, 5.74) is 0. The van der Waals surface area contributed by atoms with Crippen LogP contribution in [0.3, 0.4) is 0 Å². The summed E-state index contributed by atoms with van der Waals surface area (Å²) in [6.45, 7) is 3.81. The van der Waals surface area contributed by atoms with Gasteiger partial charge in [-0.3, -0.25) is 4.79 Å². The predicted octanol–water partition coefficient (Wildman–Crippen LogP) is 20.2. The van der Waals surface area contributed by atoms with Gasteiger partial charge in [0.05, 0.1) is 25.4 Å². The molecule has 0 aromatic heterocycles. The number of amides is 1. The summed E-state index contributed by atoms with van der Waals surface area (Å²) in [4.78, 5) is 13.1. The van der Waals surface area contributed by atoms with Crippen LogP contribution >= 0.6 is 0 Å². The minimum absolute atomic E-state index is 0.183. The van der Waals surface area contributed by atoms with Gasteiger partial charge in [0.25, 0.3) is 0 Å². The molecule has 7 atom stereocenters. The average molecular weight is 1170 g/mol. The van der Waals surface area contributed by atoms with Gasteiger partial charge in [-0.2, -0.15) is 0 Å². The Labute approximate surface area is 514 Å². The lowest BCUT2D eigenvalue weighted by atomic mass is 9.99. The largest absolute Gasteiger partial charge is 0.394 e. The Morgan fingerprint density at radius 3 is 1.01 bits per heavy atom. The third-order valence-electron chi connectivity index (χ3n) is 17.7. The summed E-state index contributed by atoms with van der Waals surface area (Å²) in [7, 11) is 0. The number of nitrogens with one attached hydrogen (secondary N) is 1. The van der Waals surface area contributed by atoms with Gasteiger partial charge >= 0.3 is 0 Å². The molecule has 0 aliphatic carbocycles. The van der Waals surface area contributed by atoms with Crippen LogP contribution in [0.5, 0.6) is 0 Å². The molecule has 1 fully saturated rings. The molecule has 1 aliphatic heterocycles. The Morgan fingerprint density at radius 2 is 0.687 bits per heavy atom. The zero-order valence-corrected chi connectivity index (χ0v) is 55.0. The lowest BCUT2D eigenvalue weighted by Gasteiger charge is -2.40. The number of hydrogen-bond acceptors (Lipinski definition) is 8. The number of carbonyl (C=O) groups is 1. The van der Waals surface area contributed by atoms with E-state index in [0.717, 1.165) is 44.9 Å². The van der Waals surface area contributed by atoms with Crippen molar-refractivity contribution in [1.82, 2.24) is 5.32 Å². The second-order valence-electron chi connectivity index (χ2n) is 25.7. The highest BCUT2D eigenvalue weighted by molar-refractivity contribution is 5.76. The molecule has 1 aliphatic rings. The number of allylic oxidation sites excluding steroid dienone is 5. The van der Waals surface area contributed by atoms with E-state index in [2.05, 4.69) is 43.5 Å². The van der Waals surface area contributed by atoms with Crippen LogP contribution in [0, 0.1) is 0 Å². The van der Waals surface area contributed by atoms with E-state index in [1.54, 1.807) is 6.08 Å². The summed E-state index contributed by atoms with van der Waals surface area (Å²) in [6.07, 6.45) is 78.5. The first-order valence-corrected chi connectivity index (χ1v) is 36.7. The number of carbonyl (C=O) groups excluding carboxylic acids is 1. The van der Waals surface area contributed by atoms with Crippen molar-refractivity contribution < 1.29 is 39.8 Å². The van der Waals surface area contributed by atoms with Gasteiger partial charge in [-0.25, -0.2) is 0 Å². The first-order valence-electron chi connectivity index (χ1n) is 36.7. The molecule has 490 valence electrons. The van der Waals surface area contributed by atoms with Gasteiger partial charge in [0.15, 0.2) is 6.29 Å². The van der Waals surface area contributed by atoms with Gasteiger partial charge in [-0.1, -0.05) is 359 Å². The normalized spacial score (nSPS) is 18.4. The first-order chi connectivity index (χ1) is 40.8. The maximum Gasteiger partial charge on any atom is 0.220 e. The SMILES string of the molecule is CCCCCCCCCCCCCCC/C=C/CC/C=C/CC/C=C/C(O)C(COC1OC(CO)C(O)C(O)C1O)NC(=O)CCCCCCCCCCCCCCCCCCCCCCCCCCCCCCCCCCCCCCC. The lowest BCUT2D eigenvalue weighted by Crippen LogP contribution is -2.60. The standard InChI is InChI=1S/C74H141NO8/c1-3-5-7-9-11-13-15-17-19-21-23-25-27-28-29-30-31-32-33-34-35-36-37-38-39-40-42-44-46-48-50-52-54-56-58-60-62-64-70(78)75-67(66-82-74-73(81)72(80)71(79)69(65-76)83-74)68(77)63-61-59-57-55-53-51-49-47-45-43-41-26-24-22-20-18-16-14-12-10-8-6-4-2/h45,47,53,55,61,63,67-69,71-74,76-77,79-81H,3-44,46,48-52,54,56-60,62,64-66H2,1-2H3,(H,75,78)/b47-45+,55-53+,63-61+. The molecule has 6 N–H and O–H groups in total. The van der Waals surface area contributed by atoms with Crippen molar-refractivity contribution in [1.29, 1.82) is 0 Å². The Kier molecular flexibility index (Phi) is 60.7. The van der Waals surface area contributed by atoms with Crippen LogP contribution in [-0.4, -0.2) is 87.5 Å². The van der Waals surface area contributed by atoms with E-state index in [9.17, 15) is 30.3 Å². The quantitative estimate of drug-likeness (QED) is 0.0261. The third-order valence-corrected chi connectivity index (χ3v) is 17.7. The van der Waals surface area contributed by atoms with Crippen LogP contribution in [0.1, 0.15) is 373 Å². The molecular formula is C74H141NO8. The van der Waals surface area contributed by atoms with E-state index in [1.165, 1.54) is 308 Å². The number of unbranched alkanes of at least 4 members (excludes halogenated alkanes) is 51. The van der Waals surface area contributed by atoms with Crippen molar-refractivity contribution in [3.05, 3.63) is 36.5 Å². The molecule has 1 rings (SSSR count). The maximum atomic E-state index is 13.1. The molecule has 7 unspecified atom stereocenters. The molecule has 0 aromatic carbocycles. The van der Waals surface area contributed by atoms with Crippen LogP contribution in [0.2, 0.25) is 0 Å². The molecule has 1 amide bonds. The van der Waals surface area contributed by atoms with E-state index in [1.807, 2.05) is 6.08 Å².